The minimum atomic E-state index is 0.0822. The second-order valence-electron chi connectivity index (χ2n) is 8.72. The quantitative estimate of drug-likeness (QED) is 0.449. The molecule has 1 aliphatic carbocycles. The molecule has 35 heavy (non-hydrogen) atoms. The van der Waals surface area contributed by atoms with Crippen molar-refractivity contribution in [2.75, 3.05) is 31.9 Å². The van der Waals surface area contributed by atoms with E-state index in [4.69, 9.17) is 5.73 Å². The number of nitrogens with zero attached hydrogens (tertiary/aromatic N) is 4. The first kappa shape index (κ1) is 21.1. The predicted molar refractivity (Wildman–Crippen MR) is 137 cm³/mol. The Bertz CT molecular complexity index is 1530. The fourth-order valence-electron chi connectivity index (χ4n) is 4.59. The van der Waals surface area contributed by atoms with Crippen LogP contribution >= 0.6 is 0 Å². The molecule has 3 N–H and O–H groups in total. The molecule has 1 aliphatic heterocycles. The largest absolute Gasteiger partial charge is 0.384 e. The van der Waals surface area contributed by atoms with Crippen LogP contribution in [0.4, 0.5) is 5.82 Å². The molecule has 172 valence electrons. The lowest BCUT2D eigenvalue weighted by molar-refractivity contribution is 0.0736. The molecule has 4 aromatic rings. The van der Waals surface area contributed by atoms with Gasteiger partial charge in [0.25, 0.3) is 5.91 Å². The number of benzene rings is 1. The zero-order chi connectivity index (χ0) is 23.8. The van der Waals surface area contributed by atoms with Crippen LogP contribution in [0.25, 0.3) is 22.9 Å². The molecule has 4 heterocycles. The van der Waals surface area contributed by atoms with Gasteiger partial charge in [0, 0.05) is 55.5 Å². The van der Waals surface area contributed by atoms with E-state index in [-0.39, 0.29) is 5.91 Å². The van der Waals surface area contributed by atoms with Crippen molar-refractivity contribution in [3.05, 3.63) is 89.0 Å². The van der Waals surface area contributed by atoms with Gasteiger partial charge in [-0.3, -0.25) is 9.20 Å². The monoisotopic (exact) mass is 460 g/mol. The van der Waals surface area contributed by atoms with E-state index in [0.29, 0.717) is 11.4 Å². The summed E-state index contributed by atoms with van der Waals surface area (Å²) in [4.78, 5) is 23.6. The Morgan fingerprint density at radius 2 is 1.83 bits per heavy atom. The summed E-state index contributed by atoms with van der Waals surface area (Å²) in [6, 6.07) is 13.6. The molecule has 1 saturated heterocycles. The van der Waals surface area contributed by atoms with Gasteiger partial charge >= 0.3 is 0 Å². The van der Waals surface area contributed by atoms with Gasteiger partial charge in [-0.05, 0) is 47.4 Å². The molecule has 0 unspecified atom stereocenters. The third-order valence-electron chi connectivity index (χ3n) is 6.45. The van der Waals surface area contributed by atoms with E-state index in [9.17, 15) is 4.79 Å². The number of anilines is 1. The number of nitrogens with two attached hydrogens (primary N) is 1. The predicted octanol–water partition coefficient (Wildman–Crippen LogP) is 2.99. The highest BCUT2D eigenvalue weighted by atomic mass is 16.2. The molecule has 0 saturated carbocycles. The lowest BCUT2D eigenvalue weighted by Crippen LogP contribution is -2.46. The summed E-state index contributed by atoms with van der Waals surface area (Å²) in [5.74, 6) is 7.08. The van der Waals surface area contributed by atoms with Crippen LogP contribution < -0.4 is 11.1 Å². The molecule has 2 aliphatic rings. The molecule has 1 amide bonds. The maximum absolute atomic E-state index is 12.8. The minimum absolute atomic E-state index is 0.0822. The van der Waals surface area contributed by atoms with Gasteiger partial charge in [-0.25, -0.2) is 9.97 Å². The summed E-state index contributed by atoms with van der Waals surface area (Å²) in [6.45, 7) is 3.17. The summed E-state index contributed by atoms with van der Waals surface area (Å²) in [5.41, 5.74) is 13.2. The lowest BCUT2D eigenvalue weighted by atomic mass is 10.0. The Morgan fingerprint density at radius 1 is 1.03 bits per heavy atom. The highest BCUT2D eigenvalue weighted by Gasteiger charge is 2.18. The molecule has 1 fully saturated rings. The average molecular weight is 461 g/mol. The first-order valence-corrected chi connectivity index (χ1v) is 11.7. The van der Waals surface area contributed by atoms with Crippen molar-refractivity contribution in [3.63, 3.8) is 0 Å². The third-order valence-corrected chi connectivity index (χ3v) is 6.45. The molecule has 3 aromatic heterocycles. The number of hydrogen-bond donors (Lipinski definition) is 2. The Kier molecular flexibility index (Phi) is 5.28. The van der Waals surface area contributed by atoms with Gasteiger partial charge in [-0.15, -0.1) is 0 Å². The van der Waals surface area contributed by atoms with Crippen LogP contribution in [0.2, 0.25) is 0 Å². The molecule has 0 radical (unpaired) electrons. The van der Waals surface area contributed by atoms with E-state index in [0.717, 1.165) is 71.9 Å². The van der Waals surface area contributed by atoms with Gasteiger partial charge in [-0.2, -0.15) is 0 Å². The van der Waals surface area contributed by atoms with Crippen LogP contribution in [0, 0.1) is 11.8 Å². The number of hydrogen-bond acceptors (Lipinski definition) is 5. The number of pyridine rings is 2. The van der Waals surface area contributed by atoms with Gasteiger partial charge in [0.1, 0.15) is 17.2 Å². The SMILES string of the molecule is Nc1cc(C#Cc2cnc3ccc(-c4ccc(C(=O)N5CCNCC5)cc4)cn23)c2c(n1)CC=C2. The Balaban J connectivity index is 1.29. The number of carbonyl (C=O) groups excluding carboxylic acids is 1. The summed E-state index contributed by atoms with van der Waals surface area (Å²) in [7, 11) is 0. The van der Waals surface area contributed by atoms with E-state index >= 15 is 0 Å². The molecule has 0 atom stereocenters. The van der Waals surface area contributed by atoms with Crippen LogP contribution in [0.15, 0.2) is 60.9 Å². The zero-order valence-corrected chi connectivity index (χ0v) is 19.2. The summed E-state index contributed by atoms with van der Waals surface area (Å²) < 4.78 is 1.99. The lowest BCUT2D eigenvalue weighted by Gasteiger charge is -2.27. The van der Waals surface area contributed by atoms with Crippen LogP contribution in [-0.4, -0.2) is 51.4 Å². The third kappa shape index (κ3) is 4.05. The van der Waals surface area contributed by atoms with Gasteiger partial charge in [0.2, 0.25) is 0 Å². The fourth-order valence-corrected chi connectivity index (χ4v) is 4.59. The van der Waals surface area contributed by atoms with Crippen LogP contribution in [0.3, 0.4) is 0 Å². The van der Waals surface area contributed by atoms with E-state index in [2.05, 4.69) is 39.3 Å². The number of nitrogens with one attached hydrogen (secondary N) is 1. The van der Waals surface area contributed by atoms with Crippen molar-refractivity contribution in [1.29, 1.82) is 0 Å². The van der Waals surface area contributed by atoms with Crippen LogP contribution in [-0.2, 0) is 6.42 Å². The van der Waals surface area contributed by atoms with E-state index in [1.165, 1.54) is 0 Å². The van der Waals surface area contributed by atoms with Gasteiger partial charge in [0.15, 0.2) is 0 Å². The molecule has 6 rings (SSSR count). The summed E-state index contributed by atoms with van der Waals surface area (Å²) in [6.07, 6.45) is 8.72. The molecule has 7 heteroatoms. The zero-order valence-electron chi connectivity index (χ0n) is 19.2. The van der Waals surface area contributed by atoms with E-state index in [1.807, 2.05) is 58.0 Å². The number of rotatable bonds is 2. The van der Waals surface area contributed by atoms with Crippen LogP contribution in [0.1, 0.15) is 32.9 Å². The van der Waals surface area contributed by atoms with Crippen molar-refractivity contribution in [1.82, 2.24) is 24.6 Å². The Hall–Kier alpha value is -4.41. The van der Waals surface area contributed by atoms with Crippen molar-refractivity contribution in [3.8, 4) is 23.0 Å². The molecular formula is C28H24N6O. The van der Waals surface area contributed by atoms with Gasteiger partial charge in [0.05, 0.1) is 11.9 Å². The van der Waals surface area contributed by atoms with E-state index < -0.39 is 0 Å². The highest BCUT2D eigenvalue weighted by molar-refractivity contribution is 5.94. The average Bonchev–Trinajstić information content (AvgIpc) is 3.54. The van der Waals surface area contributed by atoms with Gasteiger partial charge < -0.3 is 16.0 Å². The van der Waals surface area contributed by atoms with E-state index in [1.54, 1.807) is 6.20 Å². The number of allylic oxidation sites excluding steroid dienone is 1. The second-order valence-corrected chi connectivity index (χ2v) is 8.72. The van der Waals surface area contributed by atoms with Crippen molar-refractivity contribution >= 4 is 23.4 Å². The van der Waals surface area contributed by atoms with Crippen LogP contribution in [0.5, 0.6) is 0 Å². The maximum Gasteiger partial charge on any atom is 0.253 e. The Morgan fingerprint density at radius 3 is 2.66 bits per heavy atom. The molecule has 0 spiro atoms. The van der Waals surface area contributed by atoms with Crippen molar-refractivity contribution in [2.24, 2.45) is 0 Å². The fraction of sp³-hybridized carbons (Fsp3) is 0.179. The normalized spacial score (nSPS) is 14.6. The summed E-state index contributed by atoms with van der Waals surface area (Å²) in [5, 5.41) is 3.28. The van der Waals surface area contributed by atoms with Crippen molar-refractivity contribution < 1.29 is 4.79 Å². The number of nitrogen functional groups attached to an aromatic ring is 1. The maximum atomic E-state index is 12.8. The number of piperazine rings is 1. The minimum Gasteiger partial charge on any atom is -0.384 e. The van der Waals surface area contributed by atoms with Crippen molar-refractivity contribution in [2.45, 2.75) is 6.42 Å². The Labute approximate surface area is 203 Å². The molecular weight excluding hydrogens is 436 g/mol. The number of amides is 1. The number of aromatic nitrogens is 3. The standard InChI is InChI=1S/C28H24N6O/c29-26-16-21(24-2-1-3-25(24)32-26)8-10-23-17-31-27-11-9-22(18-34(23)27)19-4-6-20(7-5-19)28(35)33-14-12-30-13-15-33/h1-2,4-7,9,11,16-18,30H,3,12-15H2,(H2,29,32). The summed E-state index contributed by atoms with van der Waals surface area (Å²) >= 11 is 0. The van der Waals surface area contributed by atoms with Gasteiger partial charge in [-0.1, -0.05) is 30.2 Å². The molecule has 7 nitrogen and oxygen atoms in total. The number of imidazole rings is 1. The first-order valence-electron chi connectivity index (χ1n) is 11.7. The smallest absolute Gasteiger partial charge is 0.253 e. The first-order chi connectivity index (χ1) is 17.2. The number of fused-ring (bicyclic) bond motifs is 2. The topological polar surface area (TPSA) is 88.5 Å². The second kappa shape index (κ2) is 8.75. The number of carbonyl (C=O) groups is 1. The molecule has 0 bridgehead atoms. The highest BCUT2D eigenvalue weighted by Crippen LogP contribution is 2.24. The molecule has 1 aromatic carbocycles.